The summed E-state index contributed by atoms with van der Waals surface area (Å²) in [5.41, 5.74) is 5.09. The number of nitro groups is 1. The second-order valence-corrected chi connectivity index (χ2v) is 7.86. The minimum atomic E-state index is -0.451. The fraction of sp³-hybridized carbons (Fsp3) is 0.105. The second-order valence-electron chi connectivity index (χ2n) is 6.09. The van der Waals surface area contributed by atoms with Crippen LogP contribution in [0, 0.1) is 10.1 Å². The molecular formula is C19H15Br2N5O3. The molecule has 0 radical (unpaired) electrons. The van der Waals surface area contributed by atoms with Crippen molar-refractivity contribution in [3.8, 4) is 0 Å². The average Bonchev–Trinajstić information content (AvgIpc) is 3.07. The zero-order chi connectivity index (χ0) is 21.0. The maximum absolute atomic E-state index is 12.4. The number of hydrogen-bond acceptors (Lipinski definition) is 5. The van der Waals surface area contributed by atoms with E-state index in [-0.39, 0.29) is 11.4 Å². The number of nitrogens with one attached hydrogen (secondary N) is 1. The molecular weight excluding hydrogens is 506 g/mol. The lowest BCUT2D eigenvalue weighted by Gasteiger charge is -2.03. The topological polar surface area (TPSA) is 102 Å². The van der Waals surface area contributed by atoms with Crippen molar-refractivity contribution in [1.29, 1.82) is 0 Å². The summed E-state index contributed by atoms with van der Waals surface area (Å²) in [5.74, 6) is -0.448. The molecule has 0 saturated carbocycles. The standard InChI is InChI=1S/C19H15Br2N5O3/c1-12(14-4-6-15(20)7-5-14)22-23-19(27)18-17(21)11-25(24-18)10-13-2-8-16(9-3-13)26(28)29/h2-9,11H,10H2,1H3,(H,23,27). The Bertz CT molecular complexity index is 1080. The van der Waals surface area contributed by atoms with Gasteiger partial charge in [0.25, 0.3) is 11.6 Å². The van der Waals surface area contributed by atoms with Crippen LogP contribution in [0.1, 0.15) is 28.5 Å². The van der Waals surface area contributed by atoms with E-state index in [1.165, 1.54) is 12.1 Å². The summed E-state index contributed by atoms with van der Waals surface area (Å²) in [6, 6.07) is 13.7. The van der Waals surface area contributed by atoms with E-state index in [9.17, 15) is 14.9 Å². The van der Waals surface area contributed by atoms with Gasteiger partial charge in [0.15, 0.2) is 5.69 Å². The van der Waals surface area contributed by atoms with Crippen LogP contribution in [0.3, 0.4) is 0 Å². The zero-order valence-corrected chi connectivity index (χ0v) is 18.3. The van der Waals surface area contributed by atoms with Gasteiger partial charge in [0.2, 0.25) is 0 Å². The predicted octanol–water partition coefficient (Wildman–Crippen LogP) is 4.52. The minimum Gasteiger partial charge on any atom is -0.266 e. The van der Waals surface area contributed by atoms with E-state index in [4.69, 9.17) is 0 Å². The Morgan fingerprint density at radius 2 is 1.83 bits per heavy atom. The first-order chi connectivity index (χ1) is 13.8. The molecule has 0 fully saturated rings. The quantitative estimate of drug-likeness (QED) is 0.293. The van der Waals surface area contributed by atoms with Crippen LogP contribution in [0.15, 0.2) is 68.8 Å². The first kappa shape index (κ1) is 20.9. The van der Waals surface area contributed by atoms with E-state index in [2.05, 4.69) is 47.5 Å². The van der Waals surface area contributed by atoms with E-state index < -0.39 is 10.8 Å². The highest BCUT2D eigenvalue weighted by Gasteiger charge is 2.15. The molecule has 3 rings (SSSR count). The number of hydrazone groups is 1. The number of amides is 1. The van der Waals surface area contributed by atoms with Gasteiger partial charge < -0.3 is 0 Å². The van der Waals surface area contributed by atoms with Crippen molar-refractivity contribution in [3.63, 3.8) is 0 Å². The summed E-state index contributed by atoms with van der Waals surface area (Å²) in [6.07, 6.45) is 1.67. The Balaban J connectivity index is 1.68. The van der Waals surface area contributed by atoms with Gasteiger partial charge in [-0.3, -0.25) is 19.6 Å². The summed E-state index contributed by atoms with van der Waals surface area (Å²) in [6.45, 7) is 2.16. The van der Waals surface area contributed by atoms with Crippen molar-refractivity contribution in [2.75, 3.05) is 0 Å². The smallest absolute Gasteiger partial charge is 0.266 e. The van der Waals surface area contributed by atoms with Crippen LogP contribution < -0.4 is 5.43 Å². The molecule has 1 aromatic heterocycles. The number of rotatable bonds is 6. The molecule has 3 aromatic rings. The third kappa shape index (κ3) is 5.36. The van der Waals surface area contributed by atoms with E-state index >= 15 is 0 Å². The number of non-ortho nitro benzene ring substituents is 1. The van der Waals surface area contributed by atoms with Crippen LogP contribution >= 0.6 is 31.9 Å². The number of nitro benzene ring substituents is 1. The lowest BCUT2D eigenvalue weighted by Crippen LogP contribution is -2.20. The van der Waals surface area contributed by atoms with Crippen LogP contribution in [0.5, 0.6) is 0 Å². The molecule has 0 atom stereocenters. The van der Waals surface area contributed by atoms with Crippen LogP contribution in [0.2, 0.25) is 0 Å². The van der Waals surface area contributed by atoms with Gasteiger partial charge in [-0.1, -0.05) is 40.2 Å². The molecule has 0 saturated heterocycles. The maximum Gasteiger partial charge on any atom is 0.293 e. The van der Waals surface area contributed by atoms with Crippen molar-refractivity contribution < 1.29 is 9.72 Å². The molecule has 29 heavy (non-hydrogen) atoms. The van der Waals surface area contributed by atoms with E-state index in [1.54, 1.807) is 29.9 Å². The molecule has 1 N–H and O–H groups in total. The van der Waals surface area contributed by atoms with E-state index in [1.807, 2.05) is 24.3 Å². The van der Waals surface area contributed by atoms with Crippen molar-refractivity contribution in [1.82, 2.24) is 15.2 Å². The maximum atomic E-state index is 12.4. The molecule has 1 amide bonds. The fourth-order valence-corrected chi connectivity index (χ4v) is 3.25. The molecule has 0 spiro atoms. The van der Waals surface area contributed by atoms with Crippen molar-refractivity contribution in [2.45, 2.75) is 13.5 Å². The number of aromatic nitrogens is 2. The molecule has 0 aliphatic heterocycles. The highest BCUT2D eigenvalue weighted by Crippen LogP contribution is 2.17. The molecule has 8 nitrogen and oxygen atoms in total. The van der Waals surface area contributed by atoms with Gasteiger partial charge in [-0.15, -0.1) is 0 Å². The van der Waals surface area contributed by atoms with Crippen LogP contribution in [0.4, 0.5) is 5.69 Å². The summed E-state index contributed by atoms with van der Waals surface area (Å²) in [4.78, 5) is 22.7. The zero-order valence-electron chi connectivity index (χ0n) is 15.2. The van der Waals surface area contributed by atoms with Gasteiger partial charge in [-0.25, -0.2) is 5.43 Å². The van der Waals surface area contributed by atoms with Crippen LogP contribution in [0.25, 0.3) is 0 Å². The molecule has 0 aliphatic carbocycles. The minimum absolute atomic E-state index is 0.0227. The molecule has 0 unspecified atom stereocenters. The SMILES string of the molecule is CC(=NNC(=O)c1nn(Cc2ccc([N+](=O)[O-])cc2)cc1Br)c1ccc(Br)cc1. The normalized spacial score (nSPS) is 11.3. The van der Waals surface area contributed by atoms with Crippen molar-refractivity contribution in [3.05, 3.63) is 90.6 Å². The van der Waals surface area contributed by atoms with Crippen LogP contribution in [-0.2, 0) is 6.54 Å². The number of halogens is 2. The number of carbonyl (C=O) groups is 1. The second kappa shape index (κ2) is 9.10. The Labute approximate surface area is 183 Å². The number of hydrogen-bond donors (Lipinski definition) is 1. The number of benzene rings is 2. The average molecular weight is 521 g/mol. The Morgan fingerprint density at radius 3 is 2.45 bits per heavy atom. The number of nitrogens with zero attached hydrogens (tertiary/aromatic N) is 4. The van der Waals surface area contributed by atoms with Gasteiger partial charge in [0.05, 0.1) is 21.7 Å². The van der Waals surface area contributed by atoms with Gasteiger partial charge in [-0.2, -0.15) is 10.2 Å². The predicted molar refractivity (Wildman–Crippen MR) is 116 cm³/mol. The Morgan fingerprint density at radius 1 is 1.17 bits per heavy atom. The van der Waals surface area contributed by atoms with Crippen molar-refractivity contribution in [2.24, 2.45) is 5.10 Å². The Hall–Kier alpha value is -2.85. The highest BCUT2D eigenvalue weighted by molar-refractivity contribution is 9.10. The Kier molecular flexibility index (Phi) is 6.55. The summed E-state index contributed by atoms with van der Waals surface area (Å²) in [5, 5.41) is 19.1. The monoisotopic (exact) mass is 519 g/mol. The van der Waals surface area contributed by atoms with Gasteiger partial charge in [0.1, 0.15) is 0 Å². The summed E-state index contributed by atoms with van der Waals surface area (Å²) in [7, 11) is 0. The van der Waals surface area contributed by atoms with Crippen molar-refractivity contribution >= 4 is 49.2 Å². The summed E-state index contributed by atoms with van der Waals surface area (Å²) >= 11 is 6.71. The third-order valence-corrected chi connectivity index (χ3v) is 5.12. The number of carbonyl (C=O) groups excluding carboxylic acids is 1. The van der Waals surface area contributed by atoms with Crippen LogP contribution in [-0.4, -0.2) is 26.3 Å². The van der Waals surface area contributed by atoms with E-state index in [0.29, 0.717) is 16.7 Å². The third-order valence-electron chi connectivity index (χ3n) is 4.01. The van der Waals surface area contributed by atoms with Gasteiger partial charge in [0, 0.05) is 22.8 Å². The molecule has 0 bridgehead atoms. The largest absolute Gasteiger partial charge is 0.293 e. The molecule has 2 aromatic carbocycles. The first-order valence-corrected chi connectivity index (χ1v) is 9.99. The molecule has 0 aliphatic rings. The van der Waals surface area contributed by atoms with Gasteiger partial charge >= 0.3 is 0 Å². The molecule has 148 valence electrons. The van der Waals surface area contributed by atoms with Gasteiger partial charge in [-0.05, 0) is 46.1 Å². The summed E-state index contributed by atoms with van der Waals surface area (Å²) < 4.78 is 3.06. The first-order valence-electron chi connectivity index (χ1n) is 8.40. The molecule has 1 heterocycles. The lowest BCUT2D eigenvalue weighted by molar-refractivity contribution is -0.384. The highest BCUT2D eigenvalue weighted by atomic mass is 79.9. The molecule has 10 heteroatoms. The lowest BCUT2D eigenvalue weighted by atomic mass is 10.1. The fourth-order valence-electron chi connectivity index (χ4n) is 2.49. The van der Waals surface area contributed by atoms with E-state index in [0.717, 1.165) is 15.6 Å².